The minimum absolute atomic E-state index is 0.299. The Bertz CT molecular complexity index is 364. The largest absolute Gasteiger partial charge is 0.377 e. The molecule has 0 radical (unpaired) electrons. The quantitative estimate of drug-likeness (QED) is 0.357. The fraction of sp³-hybridized carbons (Fsp3) is 0.947. The molecule has 2 N–H and O–H groups in total. The van der Waals surface area contributed by atoms with E-state index in [1.807, 2.05) is 0 Å². The van der Waals surface area contributed by atoms with Gasteiger partial charge in [0.05, 0.1) is 25.9 Å². The van der Waals surface area contributed by atoms with Crippen LogP contribution in [0.25, 0.3) is 0 Å². The van der Waals surface area contributed by atoms with Crippen LogP contribution in [0.1, 0.15) is 52.4 Å². The van der Waals surface area contributed by atoms with Gasteiger partial charge in [0.15, 0.2) is 5.96 Å². The predicted octanol–water partition coefficient (Wildman–Crippen LogP) is 2.00. The zero-order chi connectivity index (χ0) is 17.7. The van der Waals surface area contributed by atoms with Crippen molar-refractivity contribution in [2.45, 2.75) is 64.5 Å². The van der Waals surface area contributed by atoms with Gasteiger partial charge in [0, 0.05) is 32.3 Å². The predicted molar refractivity (Wildman–Crippen MR) is 103 cm³/mol. The second kappa shape index (κ2) is 12.5. The van der Waals surface area contributed by atoms with Crippen LogP contribution in [0, 0.1) is 0 Å². The lowest BCUT2D eigenvalue weighted by Crippen LogP contribution is -2.48. The fourth-order valence-corrected chi connectivity index (χ4v) is 3.41. The number of likely N-dealkylation sites (tertiary alicyclic amines) is 1. The maximum atomic E-state index is 5.69. The molecule has 2 aliphatic rings. The van der Waals surface area contributed by atoms with Crippen LogP contribution >= 0.6 is 0 Å². The van der Waals surface area contributed by atoms with Gasteiger partial charge in [-0.2, -0.15) is 0 Å². The molecule has 0 aromatic heterocycles. The Morgan fingerprint density at radius 3 is 2.76 bits per heavy atom. The molecule has 6 heteroatoms. The molecule has 0 aromatic rings. The highest BCUT2D eigenvalue weighted by Gasteiger charge is 2.19. The van der Waals surface area contributed by atoms with Gasteiger partial charge >= 0.3 is 0 Å². The first kappa shape index (κ1) is 20.5. The van der Waals surface area contributed by atoms with Crippen LogP contribution < -0.4 is 10.6 Å². The Morgan fingerprint density at radius 1 is 1.24 bits per heavy atom. The van der Waals surface area contributed by atoms with Gasteiger partial charge in [-0.05, 0) is 45.6 Å². The Labute approximate surface area is 153 Å². The van der Waals surface area contributed by atoms with Crippen molar-refractivity contribution in [2.75, 3.05) is 52.5 Å². The van der Waals surface area contributed by atoms with Crippen LogP contribution in [-0.2, 0) is 9.47 Å². The number of ether oxygens (including phenoxy) is 2. The van der Waals surface area contributed by atoms with E-state index in [0.29, 0.717) is 31.9 Å². The zero-order valence-corrected chi connectivity index (χ0v) is 16.3. The number of piperidine rings is 1. The molecule has 2 heterocycles. The van der Waals surface area contributed by atoms with Crippen molar-refractivity contribution in [3.8, 4) is 0 Å². The van der Waals surface area contributed by atoms with Crippen LogP contribution in [-0.4, -0.2) is 75.5 Å². The number of guanidine groups is 1. The highest BCUT2D eigenvalue weighted by molar-refractivity contribution is 5.80. The molecule has 6 nitrogen and oxygen atoms in total. The topological polar surface area (TPSA) is 58.1 Å². The molecule has 0 aromatic carbocycles. The fourth-order valence-electron chi connectivity index (χ4n) is 3.41. The van der Waals surface area contributed by atoms with Gasteiger partial charge in [0.1, 0.15) is 0 Å². The molecular formula is C19H38N4O2. The SMILES string of the molecule is CCCCN1CCC(NC(=NCCOCC2CCCO2)NCC)CC1. The van der Waals surface area contributed by atoms with Crippen molar-refractivity contribution in [3.63, 3.8) is 0 Å². The standard InChI is InChI=1S/C19H38N4O2/c1-3-5-11-23-12-8-17(9-13-23)22-19(20-4-2)21-10-15-24-16-18-7-6-14-25-18/h17-18H,3-16H2,1-2H3,(H2,20,21,22). The van der Waals surface area contributed by atoms with Crippen molar-refractivity contribution in [2.24, 2.45) is 4.99 Å². The minimum atomic E-state index is 0.299. The van der Waals surface area contributed by atoms with Crippen molar-refractivity contribution in [3.05, 3.63) is 0 Å². The van der Waals surface area contributed by atoms with Gasteiger partial charge in [0.2, 0.25) is 0 Å². The average Bonchev–Trinajstić information content (AvgIpc) is 3.14. The van der Waals surface area contributed by atoms with Crippen LogP contribution in [0.4, 0.5) is 0 Å². The molecule has 0 aliphatic carbocycles. The lowest BCUT2D eigenvalue weighted by molar-refractivity contribution is 0.0200. The smallest absolute Gasteiger partial charge is 0.191 e. The second-order valence-electron chi connectivity index (χ2n) is 7.08. The van der Waals surface area contributed by atoms with E-state index in [1.165, 1.54) is 45.3 Å². The molecule has 0 bridgehead atoms. The molecule has 146 valence electrons. The highest BCUT2D eigenvalue weighted by Crippen LogP contribution is 2.12. The average molecular weight is 355 g/mol. The van der Waals surface area contributed by atoms with Crippen LogP contribution in [0.3, 0.4) is 0 Å². The van der Waals surface area contributed by atoms with Crippen molar-refractivity contribution in [1.29, 1.82) is 0 Å². The zero-order valence-electron chi connectivity index (χ0n) is 16.3. The monoisotopic (exact) mass is 354 g/mol. The first-order chi connectivity index (χ1) is 12.3. The normalized spacial score (nSPS) is 23.1. The summed E-state index contributed by atoms with van der Waals surface area (Å²) in [5.74, 6) is 0.926. The molecule has 2 aliphatic heterocycles. The molecule has 0 spiro atoms. The van der Waals surface area contributed by atoms with Crippen molar-refractivity contribution in [1.82, 2.24) is 15.5 Å². The number of rotatable bonds is 10. The number of nitrogens with one attached hydrogen (secondary N) is 2. The lowest BCUT2D eigenvalue weighted by atomic mass is 10.0. The number of hydrogen-bond acceptors (Lipinski definition) is 4. The first-order valence-corrected chi connectivity index (χ1v) is 10.3. The number of unbranched alkanes of at least 4 members (excludes halogenated alkanes) is 1. The van der Waals surface area contributed by atoms with E-state index in [0.717, 1.165) is 32.0 Å². The molecule has 1 unspecified atom stereocenters. The van der Waals surface area contributed by atoms with Crippen molar-refractivity contribution >= 4 is 5.96 Å². The summed E-state index contributed by atoms with van der Waals surface area (Å²) in [6.07, 6.45) is 7.59. The number of hydrogen-bond donors (Lipinski definition) is 2. The molecule has 0 saturated carbocycles. The summed E-state index contributed by atoms with van der Waals surface area (Å²) in [5, 5.41) is 6.95. The van der Waals surface area contributed by atoms with E-state index in [2.05, 4.69) is 34.4 Å². The van der Waals surface area contributed by atoms with Gasteiger partial charge in [-0.1, -0.05) is 13.3 Å². The third-order valence-corrected chi connectivity index (χ3v) is 4.93. The third kappa shape index (κ3) is 8.38. The van der Waals surface area contributed by atoms with E-state index in [9.17, 15) is 0 Å². The van der Waals surface area contributed by atoms with E-state index >= 15 is 0 Å². The maximum absolute atomic E-state index is 5.69. The van der Waals surface area contributed by atoms with Gasteiger partial charge in [0.25, 0.3) is 0 Å². The van der Waals surface area contributed by atoms with Gasteiger partial charge < -0.3 is 25.0 Å². The third-order valence-electron chi connectivity index (χ3n) is 4.93. The summed E-state index contributed by atoms with van der Waals surface area (Å²) < 4.78 is 11.3. The van der Waals surface area contributed by atoms with E-state index < -0.39 is 0 Å². The summed E-state index contributed by atoms with van der Waals surface area (Å²) in [4.78, 5) is 7.24. The maximum Gasteiger partial charge on any atom is 0.191 e. The van der Waals surface area contributed by atoms with E-state index in [4.69, 9.17) is 9.47 Å². The number of nitrogens with zero attached hydrogens (tertiary/aromatic N) is 2. The second-order valence-corrected chi connectivity index (χ2v) is 7.08. The summed E-state index contributed by atoms with van der Waals surface area (Å²) >= 11 is 0. The molecule has 25 heavy (non-hydrogen) atoms. The van der Waals surface area contributed by atoms with Gasteiger partial charge in [-0.3, -0.25) is 4.99 Å². The van der Waals surface area contributed by atoms with E-state index in [-0.39, 0.29) is 0 Å². The Balaban J connectivity index is 1.61. The summed E-state index contributed by atoms with van der Waals surface area (Å²) in [7, 11) is 0. The Hall–Kier alpha value is -0.850. The minimum Gasteiger partial charge on any atom is -0.377 e. The van der Waals surface area contributed by atoms with E-state index in [1.54, 1.807) is 0 Å². The molecule has 2 fully saturated rings. The van der Waals surface area contributed by atoms with Crippen LogP contribution in [0.5, 0.6) is 0 Å². The van der Waals surface area contributed by atoms with Crippen LogP contribution in [0.2, 0.25) is 0 Å². The molecule has 1 atom stereocenters. The van der Waals surface area contributed by atoms with Crippen LogP contribution in [0.15, 0.2) is 4.99 Å². The molecule has 2 rings (SSSR count). The van der Waals surface area contributed by atoms with Gasteiger partial charge in [-0.25, -0.2) is 0 Å². The Kier molecular flexibility index (Phi) is 10.2. The summed E-state index contributed by atoms with van der Waals surface area (Å²) in [6, 6.07) is 0.531. The molecule has 2 saturated heterocycles. The highest BCUT2D eigenvalue weighted by atomic mass is 16.5. The number of aliphatic imine (C=N–C) groups is 1. The molecular weight excluding hydrogens is 316 g/mol. The summed E-state index contributed by atoms with van der Waals surface area (Å²) in [6.45, 7) is 11.8. The first-order valence-electron chi connectivity index (χ1n) is 10.3. The summed E-state index contributed by atoms with van der Waals surface area (Å²) in [5.41, 5.74) is 0. The Morgan fingerprint density at radius 2 is 2.08 bits per heavy atom. The molecule has 0 amide bonds. The van der Waals surface area contributed by atoms with Crippen molar-refractivity contribution < 1.29 is 9.47 Å². The lowest BCUT2D eigenvalue weighted by Gasteiger charge is -2.33. The van der Waals surface area contributed by atoms with Gasteiger partial charge in [-0.15, -0.1) is 0 Å².